The number of aromatic nitrogens is 1. The van der Waals surface area contributed by atoms with Crippen molar-refractivity contribution in [1.82, 2.24) is 9.47 Å². The molecule has 3 aromatic rings. The van der Waals surface area contributed by atoms with Crippen LogP contribution in [0.4, 0.5) is 18.9 Å². The molecule has 6 rings (SSSR count). The summed E-state index contributed by atoms with van der Waals surface area (Å²) >= 11 is 14.6. The van der Waals surface area contributed by atoms with E-state index in [0.29, 0.717) is 46.7 Å². The van der Waals surface area contributed by atoms with Gasteiger partial charge in [-0.2, -0.15) is 13.2 Å². The molecule has 2 aromatic carbocycles. The highest BCUT2D eigenvalue weighted by atomic mass is 35.5. The molecule has 3 aliphatic rings. The number of amides is 3. The van der Waals surface area contributed by atoms with Crippen LogP contribution in [0.2, 0.25) is 10.0 Å². The van der Waals surface area contributed by atoms with Gasteiger partial charge in [0.05, 0.1) is 45.5 Å². The molecule has 3 atom stereocenters. The standard InChI is InChI=1S/C27H20Cl2F3N3O5S2/c28-15-6-3-4-13(20(15)29)18-19-21(24(38)35(23(19)37)16-7-2-1-5-14(16)27(30,31)32)41-25-22(18)42-26(39)34(25)12-17(36)33-8-10-40-11-9-33/h1-7,18-19,21H,8-12H2/t18-,19-,21+/m0/s1. The predicted octanol–water partition coefficient (Wildman–Crippen LogP) is 4.89. The Morgan fingerprint density at radius 1 is 1.00 bits per heavy atom. The second kappa shape index (κ2) is 11.0. The Labute approximate surface area is 254 Å². The average Bonchev–Trinajstić information content (AvgIpc) is 3.41. The summed E-state index contributed by atoms with van der Waals surface area (Å²) in [6.45, 7) is 1.14. The third-order valence-corrected chi connectivity index (χ3v) is 10.9. The number of thioether (sulfide) groups is 1. The Morgan fingerprint density at radius 3 is 2.43 bits per heavy atom. The molecule has 3 amide bonds. The molecule has 42 heavy (non-hydrogen) atoms. The van der Waals surface area contributed by atoms with E-state index in [1.165, 1.54) is 22.8 Å². The fourth-order valence-corrected chi connectivity index (χ4v) is 8.73. The third-order valence-electron chi connectivity index (χ3n) is 7.47. The van der Waals surface area contributed by atoms with E-state index in [4.69, 9.17) is 27.9 Å². The summed E-state index contributed by atoms with van der Waals surface area (Å²) in [6.07, 6.45) is -4.83. The molecule has 0 aliphatic carbocycles. The number of alkyl halides is 3. The van der Waals surface area contributed by atoms with Crippen LogP contribution in [0.25, 0.3) is 0 Å². The normalized spacial score (nSPS) is 22.4. The van der Waals surface area contributed by atoms with Crippen LogP contribution in [0.15, 0.2) is 52.3 Å². The summed E-state index contributed by atoms with van der Waals surface area (Å²) in [5.41, 5.74) is -1.36. The van der Waals surface area contributed by atoms with Crippen molar-refractivity contribution in [2.45, 2.75) is 28.9 Å². The lowest BCUT2D eigenvalue weighted by molar-refractivity contribution is -0.137. The minimum absolute atomic E-state index is 0.0898. The molecule has 0 unspecified atom stereocenters. The van der Waals surface area contributed by atoms with Crippen LogP contribution >= 0.6 is 46.3 Å². The SMILES string of the molecule is O=C(Cn1c2c(sc1=O)[C@@H](c1cccc(Cl)c1Cl)[C@@H]1C(=O)N(c3ccccc3C(F)(F)F)C(=O)[C@@H]1S2)N1CCOCC1. The summed E-state index contributed by atoms with van der Waals surface area (Å²) in [6, 6.07) is 9.11. The van der Waals surface area contributed by atoms with Gasteiger partial charge in [0, 0.05) is 23.9 Å². The van der Waals surface area contributed by atoms with Crippen molar-refractivity contribution in [3.8, 4) is 0 Å². The number of para-hydroxylation sites is 1. The molecule has 3 aliphatic heterocycles. The average molecular weight is 659 g/mol. The van der Waals surface area contributed by atoms with Gasteiger partial charge in [-0.1, -0.05) is 70.6 Å². The van der Waals surface area contributed by atoms with Crippen LogP contribution in [0.5, 0.6) is 0 Å². The highest BCUT2D eigenvalue weighted by Crippen LogP contribution is 2.55. The number of hydrogen-bond donors (Lipinski definition) is 0. The van der Waals surface area contributed by atoms with Crippen LogP contribution in [0.3, 0.4) is 0 Å². The van der Waals surface area contributed by atoms with E-state index in [-0.39, 0.29) is 22.5 Å². The molecule has 0 bridgehead atoms. The first-order valence-electron chi connectivity index (χ1n) is 12.7. The fraction of sp³-hybridized carbons (Fsp3) is 0.333. The van der Waals surface area contributed by atoms with Gasteiger partial charge in [0.15, 0.2) is 0 Å². The van der Waals surface area contributed by atoms with Crippen molar-refractivity contribution in [2.24, 2.45) is 5.92 Å². The van der Waals surface area contributed by atoms with Gasteiger partial charge in [-0.3, -0.25) is 23.7 Å². The Balaban J connectivity index is 1.48. The second-order valence-electron chi connectivity index (χ2n) is 9.83. The molecule has 0 N–H and O–H groups in total. The van der Waals surface area contributed by atoms with E-state index in [1.807, 2.05) is 0 Å². The molecule has 0 saturated carbocycles. The zero-order valence-electron chi connectivity index (χ0n) is 21.4. The number of fused-ring (bicyclic) bond motifs is 2. The van der Waals surface area contributed by atoms with Crippen LogP contribution in [0, 0.1) is 5.92 Å². The maximum atomic E-state index is 14.0. The molecule has 0 radical (unpaired) electrons. The summed E-state index contributed by atoms with van der Waals surface area (Å²) in [4.78, 5) is 56.3. The molecule has 1 aromatic heterocycles. The van der Waals surface area contributed by atoms with Gasteiger partial charge in [0.25, 0.3) is 0 Å². The van der Waals surface area contributed by atoms with Crippen molar-refractivity contribution in [2.75, 3.05) is 31.2 Å². The number of nitrogens with zero attached hydrogens (tertiary/aromatic N) is 3. The van der Waals surface area contributed by atoms with Crippen LogP contribution in [0.1, 0.15) is 21.9 Å². The van der Waals surface area contributed by atoms with Crippen LogP contribution < -0.4 is 9.77 Å². The van der Waals surface area contributed by atoms with E-state index in [0.717, 1.165) is 35.2 Å². The van der Waals surface area contributed by atoms with Gasteiger partial charge in [0.2, 0.25) is 17.7 Å². The zero-order valence-corrected chi connectivity index (χ0v) is 24.5. The third kappa shape index (κ3) is 4.84. The van der Waals surface area contributed by atoms with Gasteiger partial charge < -0.3 is 9.64 Å². The predicted molar refractivity (Wildman–Crippen MR) is 151 cm³/mol. The Kier molecular flexibility index (Phi) is 7.67. The lowest BCUT2D eigenvalue weighted by atomic mass is 9.83. The Hall–Kier alpha value is -2.84. The zero-order chi connectivity index (χ0) is 29.9. The Morgan fingerprint density at radius 2 is 1.71 bits per heavy atom. The maximum absolute atomic E-state index is 14.0. The van der Waals surface area contributed by atoms with Gasteiger partial charge in [-0.25, -0.2) is 4.90 Å². The lowest BCUT2D eigenvalue weighted by Crippen LogP contribution is -2.43. The molecule has 2 saturated heterocycles. The number of benzene rings is 2. The molecule has 15 heteroatoms. The Bertz CT molecular complexity index is 1670. The van der Waals surface area contributed by atoms with Gasteiger partial charge in [-0.05, 0) is 23.8 Å². The number of ether oxygens (including phenoxy) is 1. The largest absolute Gasteiger partial charge is 0.418 e. The number of hydrogen-bond acceptors (Lipinski definition) is 7. The van der Waals surface area contributed by atoms with E-state index in [9.17, 15) is 32.3 Å². The van der Waals surface area contributed by atoms with Crippen LogP contribution in [-0.2, 0) is 31.8 Å². The first-order chi connectivity index (χ1) is 20.0. The molecule has 220 valence electrons. The summed E-state index contributed by atoms with van der Waals surface area (Å²) in [5, 5.41) is -0.645. The van der Waals surface area contributed by atoms with Gasteiger partial charge >= 0.3 is 11.0 Å². The van der Waals surface area contributed by atoms with Crippen molar-refractivity contribution >= 4 is 69.7 Å². The highest BCUT2D eigenvalue weighted by Gasteiger charge is 2.58. The number of thiazole rings is 1. The van der Waals surface area contributed by atoms with Crippen molar-refractivity contribution < 1.29 is 32.3 Å². The monoisotopic (exact) mass is 657 g/mol. The van der Waals surface area contributed by atoms with E-state index in [1.54, 1.807) is 17.0 Å². The number of rotatable bonds is 4. The smallest absolute Gasteiger partial charge is 0.378 e. The maximum Gasteiger partial charge on any atom is 0.418 e. The van der Waals surface area contributed by atoms with Crippen molar-refractivity contribution in [1.29, 1.82) is 0 Å². The van der Waals surface area contributed by atoms with E-state index >= 15 is 0 Å². The minimum atomic E-state index is -4.83. The van der Waals surface area contributed by atoms with E-state index in [2.05, 4.69) is 0 Å². The minimum Gasteiger partial charge on any atom is -0.378 e. The topological polar surface area (TPSA) is 88.9 Å². The fourth-order valence-electron chi connectivity index (χ4n) is 5.54. The number of carbonyl (C=O) groups is 3. The summed E-state index contributed by atoms with van der Waals surface area (Å²) in [7, 11) is 0. The molecular formula is C27H20Cl2F3N3O5S2. The van der Waals surface area contributed by atoms with Gasteiger partial charge in [-0.15, -0.1) is 0 Å². The molecule has 4 heterocycles. The first kappa shape index (κ1) is 29.2. The number of imide groups is 1. The number of carbonyl (C=O) groups excluding carboxylic acids is 3. The summed E-state index contributed by atoms with van der Waals surface area (Å²) < 4.78 is 48.4. The molecule has 2 fully saturated rings. The highest BCUT2D eigenvalue weighted by molar-refractivity contribution is 8.00. The number of halogens is 5. The molecule has 8 nitrogen and oxygen atoms in total. The van der Waals surface area contributed by atoms with Crippen LogP contribution in [-0.4, -0.2) is 58.7 Å². The second-order valence-corrected chi connectivity index (χ2v) is 12.7. The van der Waals surface area contributed by atoms with Crippen molar-refractivity contribution in [3.05, 3.63) is 78.2 Å². The van der Waals surface area contributed by atoms with E-state index < -0.39 is 51.2 Å². The van der Waals surface area contributed by atoms with Crippen molar-refractivity contribution in [3.63, 3.8) is 0 Å². The summed E-state index contributed by atoms with van der Waals surface area (Å²) in [5.74, 6) is -4.19. The number of anilines is 1. The number of morpholine rings is 1. The molecular weight excluding hydrogens is 638 g/mol. The quantitative estimate of drug-likeness (QED) is 0.371. The lowest BCUT2D eigenvalue weighted by Gasteiger charge is -2.31. The molecule has 0 spiro atoms. The van der Waals surface area contributed by atoms with Gasteiger partial charge in [0.1, 0.15) is 11.8 Å². The first-order valence-corrected chi connectivity index (χ1v) is 15.2.